The molecule has 202 valence electrons. The highest BCUT2D eigenvalue weighted by molar-refractivity contribution is 5.74. The average molecular weight is 527 g/mol. The zero-order valence-electron chi connectivity index (χ0n) is 23.9. The molecule has 4 aromatic carbocycles. The van der Waals surface area contributed by atoms with E-state index < -0.39 is 0 Å². The van der Waals surface area contributed by atoms with Crippen LogP contribution in [0.2, 0.25) is 0 Å². The SMILES string of the molecule is CCCN(CCCc1cccc(-c2ccc(N(CC)CC)cc2)c1C#N)c1ccc(-c2ccccc2C#N)cc1. The van der Waals surface area contributed by atoms with Gasteiger partial charge in [-0.15, -0.1) is 0 Å². The smallest absolute Gasteiger partial charge is 0.100 e. The van der Waals surface area contributed by atoms with E-state index in [0.29, 0.717) is 5.56 Å². The second-order valence-electron chi connectivity index (χ2n) is 9.97. The van der Waals surface area contributed by atoms with E-state index in [1.807, 2.05) is 24.3 Å². The van der Waals surface area contributed by atoms with Crippen LogP contribution in [-0.4, -0.2) is 26.2 Å². The highest BCUT2D eigenvalue weighted by Gasteiger charge is 2.13. The number of hydrogen-bond acceptors (Lipinski definition) is 4. The van der Waals surface area contributed by atoms with Crippen LogP contribution < -0.4 is 9.80 Å². The topological polar surface area (TPSA) is 54.1 Å². The molecule has 0 heterocycles. The third-order valence-electron chi connectivity index (χ3n) is 7.53. The van der Waals surface area contributed by atoms with Crippen LogP contribution in [0, 0.1) is 22.7 Å². The van der Waals surface area contributed by atoms with E-state index in [1.165, 1.54) is 11.4 Å². The third kappa shape index (κ3) is 6.53. The monoisotopic (exact) mass is 526 g/mol. The molecule has 0 aliphatic heterocycles. The van der Waals surface area contributed by atoms with Gasteiger partial charge in [-0.25, -0.2) is 0 Å². The largest absolute Gasteiger partial charge is 0.372 e. The summed E-state index contributed by atoms with van der Waals surface area (Å²) in [7, 11) is 0. The van der Waals surface area contributed by atoms with Gasteiger partial charge in [-0.1, -0.05) is 67.6 Å². The van der Waals surface area contributed by atoms with E-state index in [9.17, 15) is 10.5 Å². The molecule has 0 N–H and O–H groups in total. The van der Waals surface area contributed by atoms with Gasteiger partial charge in [-0.2, -0.15) is 10.5 Å². The van der Waals surface area contributed by atoms with E-state index in [2.05, 4.69) is 109 Å². The summed E-state index contributed by atoms with van der Waals surface area (Å²) < 4.78 is 0. The molecular formula is C36H38N4. The van der Waals surface area contributed by atoms with Gasteiger partial charge in [-0.3, -0.25) is 0 Å². The number of benzene rings is 4. The van der Waals surface area contributed by atoms with Crippen LogP contribution in [0.4, 0.5) is 11.4 Å². The van der Waals surface area contributed by atoms with E-state index in [4.69, 9.17) is 0 Å². The van der Waals surface area contributed by atoms with E-state index >= 15 is 0 Å². The number of nitriles is 2. The second-order valence-corrected chi connectivity index (χ2v) is 9.97. The van der Waals surface area contributed by atoms with Crippen LogP contribution in [0.15, 0.2) is 91.0 Å². The highest BCUT2D eigenvalue weighted by atomic mass is 15.1. The molecule has 0 aliphatic rings. The minimum absolute atomic E-state index is 0.691. The van der Waals surface area contributed by atoms with Crippen molar-refractivity contribution in [2.24, 2.45) is 0 Å². The van der Waals surface area contributed by atoms with Crippen LogP contribution in [0.1, 0.15) is 50.3 Å². The molecule has 0 aromatic heterocycles. The van der Waals surface area contributed by atoms with Crippen molar-refractivity contribution in [2.45, 2.75) is 40.0 Å². The summed E-state index contributed by atoms with van der Waals surface area (Å²) in [5.74, 6) is 0. The summed E-state index contributed by atoms with van der Waals surface area (Å²) >= 11 is 0. The maximum Gasteiger partial charge on any atom is 0.100 e. The zero-order valence-corrected chi connectivity index (χ0v) is 23.9. The zero-order chi connectivity index (χ0) is 28.3. The van der Waals surface area contributed by atoms with Crippen molar-refractivity contribution < 1.29 is 0 Å². The number of nitrogens with zero attached hydrogens (tertiary/aromatic N) is 4. The normalized spacial score (nSPS) is 10.5. The molecule has 0 bridgehead atoms. The molecule has 40 heavy (non-hydrogen) atoms. The molecule has 4 nitrogen and oxygen atoms in total. The van der Waals surface area contributed by atoms with Crippen molar-refractivity contribution in [3.05, 3.63) is 108 Å². The van der Waals surface area contributed by atoms with Crippen molar-refractivity contribution in [2.75, 3.05) is 36.0 Å². The molecule has 0 spiro atoms. The Morgan fingerprint density at radius 3 is 1.80 bits per heavy atom. The first-order valence-electron chi connectivity index (χ1n) is 14.3. The van der Waals surface area contributed by atoms with Crippen molar-refractivity contribution in [3.63, 3.8) is 0 Å². The van der Waals surface area contributed by atoms with Crippen molar-refractivity contribution in [1.82, 2.24) is 0 Å². The van der Waals surface area contributed by atoms with Crippen LogP contribution in [-0.2, 0) is 6.42 Å². The fourth-order valence-electron chi connectivity index (χ4n) is 5.41. The molecule has 4 heteroatoms. The molecular weight excluding hydrogens is 488 g/mol. The molecule has 4 aromatic rings. The molecule has 0 atom stereocenters. The lowest BCUT2D eigenvalue weighted by atomic mass is 9.93. The summed E-state index contributed by atoms with van der Waals surface area (Å²) in [5, 5.41) is 19.6. The number of anilines is 2. The van der Waals surface area contributed by atoms with E-state index in [-0.39, 0.29) is 0 Å². The first-order valence-corrected chi connectivity index (χ1v) is 14.3. The van der Waals surface area contributed by atoms with Crippen LogP contribution in [0.5, 0.6) is 0 Å². The van der Waals surface area contributed by atoms with E-state index in [0.717, 1.165) is 78.8 Å². The second kappa shape index (κ2) is 14.0. The van der Waals surface area contributed by atoms with E-state index in [1.54, 1.807) is 0 Å². The fraction of sp³-hybridized carbons (Fsp3) is 0.278. The molecule has 0 fully saturated rings. The molecule has 0 radical (unpaired) electrons. The predicted octanol–water partition coefficient (Wildman–Crippen LogP) is 8.46. The Hall–Kier alpha value is -4.54. The van der Waals surface area contributed by atoms with Gasteiger partial charge in [0.2, 0.25) is 0 Å². The summed E-state index contributed by atoms with van der Waals surface area (Å²) in [5.41, 5.74) is 9.07. The summed E-state index contributed by atoms with van der Waals surface area (Å²) in [6, 6.07) is 35.9. The first-order chi connectivity index (χ1) is 19.6. The Bertz CT molecular complexity index is 1470. The number of rotatable bonds is 12. The summed E-state index contributed by atoms with van der Waals surface area (Å²) in [6.07, 6.45) is 2.86. The van der Waals surface area contributed by atoms with Gasteiger partial charge >= 0.3 is 0 Å². The van der Waals surface area contributed by atoms with Gasteiger partial charge in [-0.05, 0) is 91.3 Å². The quantitative estimate of drug-likeness (QED) is 0.186. The standard InChI is InChI=1S/C36H38N4/c1-4-24-40(33-22-16-29(17-23-33)34-14-8-7-11-31(34)26-37)25-10-13-28-12-9-15-35(36(28)27-38)30-18-20-32(21-19-30)39(5-2)6-3/h7-9,11-12,14-23H,4-6,10,13,24-25H2,1-3H3. The third-order valence-corrected chi connectivity index (χ3v) is 7.53. The number of hydrogen-bond donors (Lipinski definition) is 0. The first kappa shape index (κ1) is 28.5. The minimum atomic E-state index is 0.691. The molecule has 0 saturated heterocycles. The molecule has 0 saturated carbocycles. The molecule has 0 amide bonds. The maximum atomic E-state index is 10.1. The highest BCUT2D eigenvalue weighted by Crippen LogP contribution is 2.30. The Morgan fingerprint density at radius 1 is 0.600 bits per heavy atom. The Balaban J connectivity index is 1.47. The molecule has 0 aliphatic carbocycles. The van der Waals surface area contributed by atoms with Crippen molar-refractivity contribution >= 4 is 11.4 Å². The van der Waals surface area contributed by atoms with Gasteiger partial charge in [0.05, 0.1) is 17.2 Å². The predicted molar refractivity (Wildman–Crippen MR) is 168 cm³/mol. The van der Waals surface area contributed by atoms with Crippen LogP contribution in [0.3, 0.4) is 0 Å². The van der Waals surface area contributed by atoms with Gasteiger partial charge in [0.1, 0.15) is 6.07 Å². The van der Waals surface area contributed by atoms with Gasteiger partial charge in [0.25, 0.3) is 0 Å². The lowest BCUT2D eigenvalue weighted by Gasteiger charge is -2.25. The van der Waals surface area contributed by atoms with Crippen LogP contribution >= 0.6 is 0 Å². The molecule has 4 rings (SSSR count). The fourth-order valence-corrected chi connectivity index (χ4v) is 5.41. The maximum absolute atomic E-state index is 10.1. The number of aryl methyl sites for hydroxylation is 1. The van der Waals surface area contributed by atoms with Gasteiger partial charge < -0.3 is 9.80 Å². The lowest BCUT2D eigenvalue weighted by molar-refractivity contribution is 0.714. The Kier molecular flexibility index (Phi) is 9.98. The van der Waals surface area contributed by atoms with Gasteiger partial charge in [0.15, 0.2) is 0 Å². The van der Waals surface area contributed by atoms with Crippen molar-refractivity contribution in [3.8, 4) is 34.4 Å². The minimum Gasteiger partial charge on any atom is -0.372 e. The Labute approximate surface area is 239 Å². The summed E-state index contributed by atoms with van der Waals surface area (Å²) in [4.78, 5) is 4.74. The average Bonchev–Trinajstić information content (AvgIpc) is 3.01. The summed E-state index contributed by atoms with van der Waals surface area (Å²) in [6.45, 7) is 10.4. The lowest BCUT2D eigenvalue weighted by Crippen LogP contribution is -2.25. The van der Waals surface area contributed by atoms with Crippen LogP contribution in [0.25, 0.3) is 22.3 Å². The molecule has 0 unspecified atom stereocenters. The van der Waals surface area contributed by atoms with Gasteiger partial charge in [0, 0.05) is 37.6 Å². The Morgan fingerprint density at radius 2 is 1.20 bits per heavy atom. The van der Waals surface area contributed by atoms with Crippen molar-refractivity contribution in [1.29, 1.82) is 10.5 Å².